The van der Waals surface area contributed by atoms with Crippen molar-refractivity contribution in [2.75, 3.05) is 0 Å². The molecule has 0 spiro atoms. The fourth-order valence-electron chi connectivity index (χ4n) is 2.36. The molecular weight excluding hydrogens is 208 g/mol. The lowest BCUT2D eigenvalue weighted by Crippen LogP contribution is -2.20. The second kappa shape index (κ2) is 4.29. The molecule has 17 heavy (non-hydrogen) atoms. The van der Waals surface area contributed by atoms with Gasteiger partial charge >= 0.3 is 0 Å². The van der Waals surface area contributed by atoms with Crippen molar-refractivity contribution >= 4 is 6.29 Å². The molecule has 1 aromatic rings. The third-order valence-electron chi connectivity index (χ3n) is 3.18. The van der Waals surface area contributed by atoms with E-state index < -0.39 is 0 Å². The van der Waals surface area contributed by atoms with Crippen molar-refractivity contribution in [3.63, 3.8) is 0 Å². The molecule has 0 aromatic heterocycles. The van der Waals surface area contributed by atoms with Gasteiger partial charge in [0.15, 0.2) is 0 Å². The van der Waals surface area contributed by atoms with Crippen molar-refractivity contribution in [3.05, 3.63) is 34.4 Å². The highest BCUT2D eigenvalue weighted by Gasteiger charge is 2.24. The van der Waals surface area contributed by atoms with Gasteiger partial charge in [0.05, 0.1) is 0 Å². The summed E-state index contributed by atoms with van der Waals surface area (Å²) in [5.41, 5.74) is 4.78. The second-order valence-electron chi connectivity index (χ2n) is 6.86. The van der Waals surface area contributed by atoms with Crippen molar-refractivity contribution in [1.29, 1.82) is 0 Å². The van der Waals surface area contributed by atoms with Crippen LogP contribution in [0.2, 0.25) is 0 Å². The van der Waals surface area contributed by atoms with Crippen LogP contribution in [0.5, 0.6) is 0 Å². The lowest BCUT2D eigenvalue weighted by Gasteiger charge is -2.29. The minimum absolute atomic E-state index is 0.0725. The third-order valence-corrected chi connectivity index (χ3v) is 3.18. The molecule has 0 fully saturated rings. The first kappa shape index (κ1) is 14.0. The predicted octanol–water partition coefficient (Wildman–Crippen LogP) is 4.40. The zero-order valence-corrected chi connectivity index (χ0v) is 12.1. The normalized spacial score (nSPS) is 12.6. The van der Waals surface area contributed by atoms with Crippen molar-refractivity contribution in [2.24, 2.45) is 0 Å². The molecule has 0 bridgehead atoms. The maximum atomic E-state index is 11.1. The number of hydrogen-bond acceptors (Lipinski definition) is 1. The topological polar surface area (TPSA) is 17.1 Å². The molecule has 0 unspecified atom stereocenters. The maximum Gasteiger partial charge on any atom is 0.150 e. The van der Waals surface area contributed by atoms with Crippen LogP contribution in [0.15, 0.2) is 12.1 Å². The van der Waals surface area contributed by atoms with Gasteiger partial charge in [-0.15, -0.1) is 0 Å². The van der Waals surface area contributed by atoms with Crippen LogP contribution < -0.4 is 0 Å². The van der Waals surface area contributed by atoms with Crippen molar-refractivity contribution in [2.45, 2.75) is 59.3 Å². The molecule has 0 N–H and O–H groups in total. The number of hydrogen-bond donors (Lipinski definition) is 0. The summed E-state index contributed by atoms with van der Waals surface area (Å²) in [5.74, 6) is 0. The zero-order valence-electron chi connectivity index (χ0n) is 12.1. The molecular formula is C16H24O. The molecule has 0 amide bonds. The van der Waals surface area contributed by atoms with Crippen molar-refractivity contribution in [1.82, 2.24) is 0 Å². The van der Waals surface area contributed by atoms with E-state index in [4.69, 9.17) is 0 Å². The molecule has 1 aromatic carbocycles. The van der Waals surface area contributed by atoms with Crippen LogP contribution in [-0.2, 0) is 10.8 Å². The first-order chi connectivity index (χ1) is 7.57. The second-order valence-corrected chi connectivity index (χ2v) is 6.86. The minimum atomic E-state index is 0.0725. The number of carbonyl (C=O) groups is 1. The summed E-state index contributed by atoms with van der Waals surface area (Å²) >= 11 is 0. The minimum Gasteiger partial charge on any atom is -0.298 e. The van der Waals surface area contributed by atoms with E-state index in [9.17, 15) is 4.79 Å². The Morgan fingerprint density at radius 2 is 1.24 bits per heavy atom. The summed E-state index contributed by atoms with van der Waals surface area (Å²) in [6, 6.07) is 4.05. The Kier molecular flexibility index (Phi) is 3.52. The number of benzene rings is 1. The SMILES string of the molecule is Cc1c(C(C)(C)C)cc(C=O)cc1C(C)(C)C. The number of rotatable bonds is 1. The van der Waals surface area contributed by atoms with Gasteiger partial charge in [-0.3, -0.25) is 4.79 Å². The maximum absolute atomic E-state index is 11.1. The van der Waals surface area contributed by atoms with E-state index in [0.29, 0.717) is 0 Å². The molecule has 0 heterocycles. The molecule has 1 heteroatoms. The summed E-state index contributed by atoms with van der Waals surface area (Å²) in [6.45, 7) is 15.3. The Labute approximate surface area is 105 Å². The van der Waals surface area contributed by atoms with Gasteiger partial charge in [-0.2, -0.15) is 0 Å². The van der Waals surface area contributed by atoms with Gasteiger partial charge in [0, 0.05) is 5.56 Å². The Morgan fingerprint density at radius 1 is 0.882 bits per heavy atom. The lowest BCUT2D eigenvalue weighted by molar-refractivity contribution is 0.112. The molecule has 0 aliphatic heterocycles. The average Bonchev–Trinajstić information content (AvgIpc) is 2.14. The van der Waals surface area contributed by atoms with Crippen LogP contribution in [0, 0.1) is 6.92 Å². The highest BCUT2D eigenvalue weighted by molar-refractivity contribution is 5.76. The highest BCUT2D eigenvalue weighted by atomic mass is 16.1. The zero-order chi connectivity index (χ0) is 13.4. The first-order valence-corrected chi connectivity index (χ1v) is 6.18. The van der Waals surface area contributed by atoms with Crippen molar-refractivity contribution in [3.8, 4) is 0 Å². The third kappa shape index (κ3) is 2.96. The lowest BCUT2D eigenvalue weighted by atomic mass is 9.76. The number of carbonyl (C=O) groups excluding carboxylic acids is 1. The molecule has 0 radical (unpaired) electrons. The van der Waals surface area contributed by atoms with Crippen LogP contribution >= 0.6 is 0 Å². The standard InChI is InChI=1S/C16H24O/c1-11-13(15(2,3)4)8-12(10-17)9-14(11)16(5,6)7/h8-10H,1-7H3. The Hall–Kier alpha value is -1.11. The summed E-state index contributed by atoms with van der Waals surface area (Å²) in [5, 5.41) is 0. The summed E-state index contributed by atoms with van der Waals surface area (Å²) in [4.78, 5) is 11.1. The quantitative estimate of drug-likeness (QED) is 0.656. The Bertz CT molecular complexity index is 393. The molecule has 0 aliphatic carbocycles. The van der Waals surface area contributed by atoms with Crippen LogP contribution in [0.25, 0.3) is 0 Å². The van der Waals surface area contributed by atoms with E-state index in [1.54, 1.807) is 0 Å². The molecule has 1 rings (SSSR count). The smallest absolute Gasteiger partial charge is 0.150 e. The highest BCUT2D eigenvalue weighted by Crippen LogP contribution is 2.34. The van der Waals surface area contributed by atoms with Gasteiger partial charge in [-0.05, 0) is 46.6 Å². The Morgan fingerprint density at radius 3 is 1.47 bits per heavy atom. The molecule has 1 nitrogen and oxygen atoms in total. The van der Waals surface area contributed by atoms with Crippen molar-refractivity contribution < 1.29 is 4.79 Å². The summed E-state index contributed by atoms with van der Waals surface area (Å²) in [6.07, 6.45) is 0.948. The van der Waals surface area contributed by atoms with Gasteiger partial charge in [0.2, 0.25) is 0 Å². The van der Waals surface area contributed by atoms with E-state index >= 15 is 0 Å². The van der Waals surface area contributed by atoms with Crippen LogP contribution in [0.4, 0.5) is 0 Å². The van der Waals surface area contributed by atoms with Gasteiger partial charge in [-0.25, -0.2) is 0 Å². The largest absolute Gasteiger partial charge is 0.298 e. The molecule has 0 atom stereocenters. The van der Waals surface area contributed by atoms with Gasteiger partial charge in [0.1, 0.15) is 6.29 Å². The average molecular weight is 232 g/mol. The predicted molar refractivity (Wildman–Crippen MR) is 74.0 cm³/mol. The van der Waals surface area contributed by atoms with Crippen LogP contribution in [0.3, 0.4) is 0 Å². The molecule has 0 saturated carbocycles. The first-order valence-electron chi connectivity index (χ1n) is 6.18. The monoisotopic (exact) mass is 232 g/mol. The number of aldehydes is 1. The summed E-state index contributed by atoms with van der Waals surface area (Å²) < 4.78 is 0. The fourth-order valence-corrected chi connectivity index (χ4v) is 2.36. The Balaban J connectivity index is 3.59. The van der Waals surface area contributed by atoms with E-state index in [-0.39, 0.29) is 10.8 Å². The fraction of sp³-hybridized carbons (Fsp3) is 0.562. The van der Waals surface area contributed by atoms with Gasteiger partial charge in [-0.1, -0.05) is 41.5 Å². The van der Waals surface area contributed by atoms with Crippen LogP contribution in [-0.4, -0.2) is 6.29 Å². The molecule has 0 saturated heterocycles. The van der Waals surface area contributed by atoms with E-state index in [0.717, 1.165) is 11.8 Å². The van der Waals surface area contributed by atoms with E-state index in [1.807, 2.05) is 12.1 Å². The van der Waals surface area contributed by atoms with Crippen LogP contribution in [0.1, 0.15) is 68.6 Å². The summed E-state index contributed by atoms with van der Waals surface area (Å²) in [7, 11) is 0. The molecule has 0 aliphatic rings. The van der Waals surface area contributed by atoms with Gasteiger partial charge < -0.3 is 0 Å². The van der Waals surface area contributed by atoms with E-state index in [1.165, 1.54) is 16.7 Å². The van der Waals surface area contributed by atoms with Gasteiger partial charge in [0.25, 0.3) is 0 Å². The molecule has 94 valence electrons. The van der Waals surface area contributed by atoms with E-state index in [2.05, 4.69) is 48.5 Å².